The molecule has 220 valence electrons. The molecule has 1 spiro atoms. The highest BCUT2D eigenvalue weighted by Gasteiger charge is 2.46. The van der Waals surface area contributed by atoms with Gasteiger partial charge in [-0.2, -0.15) is 0 Å². The van der Waals surface area contributed by atoms with Gasteiger partial charge in [0.2, 0.25) is 0 Å². The van der Waals surface area contributed by atoms with Crippen molar-refractivity contribution < 1.29 is 13.6 Å². The van der Waals surface area contributed by atoms with Crippen molar-refractivity contribution >= 4 is 37.9 Å². The normalized spacial score (nSPS) is 22.2. The van der Waals surface area contributed by atoms with Gasteiger partial charge in [-0.3, -0.25) is 4.79 Å². The zero-order valence-corrected chi connectivity index (χ0v) is 26.7. The Balaban J connectivity index is 1.19. The molecule has 1 fully saturated rings. The summed E-state index contributed by atoms with van der Waals surface area (Å²) in [6.45, 7) is 13.7. The minimum Gasteiger partial charge on any atom is -0.415 e. The maximum absolute atomic E-state index is 15.9. The lowest BCUT2D eigenvalue weighted by atomic mass is 9.80. The molecule has 1 N–H and O–H groups in total. The van der Waals surface area contributed by atoms with Crippen LogP contribution in [-0.4, -0.2) is 68.6 Å². The van der Waals surface area contributed by atoms with Crippen LogP contribution in [0.15, 0.2) is 47.2 Å². The van der Waals surface area contributed by atoms with Crippen LogP contribution in [0.2, 0.25) is 23.2 Å². The van der Waals surface area contributed by atoms with Crippen LogP contribution in [-0.2, 0) is 9.84 Å². The fourth-order valence-electron chi connectivity index (χ4n) is 5.92. The molecule has 1 aliphatic carbocycles. The molecule has 1 aromatic carbocycles. The van der Waals surface area contributed by atoms with E-state index in [1.165, 1.54) is 0 Å². The first kappa shape index (κ1) is 29.9. The Bertz CT molecular complexity index is 1390. The third-order valence-electron chi connectivity index (χ3n) is 9.32. The van der Waals surface area contributed by atoms with E-state index < -0.39 is 14.1 Å². The summed E-state index contributed by atoms with van der Waals surface area (Å²) in [5.41, 5.74) is 5.64. The summed E-state index contributed by atoms with van der Waals surface area (Å²) in [7, 11) is -0.0690. The van der Waals surface area contributed by atoms with Crippen molar-refractivity contribution in [2.75, 3.05) is 33.3 Å². The minimum atomic E-state index is -1.80. The molecule has 2 aliphatic heterocycles. The first-order chi connectivity index (χ1) is 19.3. The van der Waals surface area contributed by atoms with Crippen molar-refractivity contribution in [2.45, 2.75) is 69.5 Å². The maximum Gasteiger partial charge on any atom is 0.256 e. The number of rotatable bonds is 8. The number of carbonyl (C=O) groups is 1. The summed E-state index contributed by atoms with van der Waals surface area (Å²) in [5.74, 6) is -0.133. The molecule has 3 heterocycles. The van der Waals surface area contributed by atoms with Crippen LogP contribution in [0.25, 0.3) is 0 Å². The quantitative estimate of drug-likeness (QED) is 0.348. The Kier molecular flexibility index (Phi) is 8.19. The van der Waals surface area contributed by atoms with Gasteiger partial charge < -0.3 is 14.8 Å². The number of aromatic nitrogens is 1. The zero-order valence-electron chi connectivity index (χ0n) is 24.9. The van der Waals surface area contributed by atoms with E-state index in [9.17, 15) is 4.79 Å². The van der Waals surface area contributed by atoms with Gasteiger partial charge >= 0.3 is 0 Å². The average Bonchev–Trinajstić information content (AvgIpc) is 3.63. The molecule has 3 aliphatic rings. The summed E-state index contributed by atoms with van der Waals surface area (Å²) in [4.78, 5) is 23.9. The smallest absolute Gasteiger partial charge is 0.256 e. The van der Waals surface area contributed by atoms with Gasteiger partial charge in [-0.15, -0.1) is 0 Å². The number of hydrogen-bond acceptors (Lipinski definition) is 6. The number of hydrogen-bond donors (Lipinski definition) is 1. The van der Waals surface area contributed by atoms with Crippen molar-refractivity contribution in [3.8, 4) is 0 Å². The second-order valence-corrected chi connectivity index (χ2v) is 18.4. The Morgan fingerprint density at radius 1 is 1.32 bits per heavy atom. The number of carbonyl (C=O) groups excluding carboxylic acids is 1. The third-order valence-corrected chi connectivity index (χ3v) is 14.2. The molecule has 1 amide bonds. The number of halogens is 2. The van der Waals surface area contributed by atoms with Gasteiger partial charge in [0.15, 0.2) is 14.1 Å². The lowest BCUT2D eigenvalue weighted by Crippen LogP contribution is -2.43. The van der Waals surface area contributed by atoms with E-state index >= 15 is 4.39 Å². The first-order valence-electron chi connectivity index (χ1n) is 14.4. The molecule has 5 rings (SSSR count). The summed E-state index contributed by atoms with van der Waals surface area (Å²) < 4.78 is 22.2. The van der Waals surface area contributed by atoms with Crippen LogP contribution in [0.5, 0.6) is 0 Å². The Morgan fingerprint density at radius 2 is 2.10 bits per heavy atom. The summed E-state index contributed by atoms with van der Waals surface area (Å²) >= 11 is 6.54. The van der Waals surface area contributed by atoms with Crippen molar-refractivity contribution in [3.63, 3.8) is 0 Å². The predicted octanol–water partition coefficient (Wildman–Crippen LogP) is 6.59. The lowest BCUT2D eigenvalue weighted by Gasteiger charge is -2.36. The lowest BCUT2D eigenvalue weighted by molar-refractivity contribution is 0.0800. The number of likely N-dealkylation sites (N-methyl/N-ethyl adjacent to an activating group) is 1. The Hall–Kier alpha value is -2.59. The second-order valence-electron chi connectivity index (χ2n) is 13.2. The van der Waals surface area contributed by atoms with Gasteiger partial charge in [0.05, 0.1) is 5.56 Å². The maximum atomic E-state index is 15.9. The van der Waals surface area contributed by atoms with E-state index in [2.05, 4.69) is 54.3 Å². The summed E-state index contributed by atoms with van der Waals surface area (Å²) in [5, 5.41) is 2.91. The molecule has 7 nitrogen and oxygen atoms in total. The summed E-state index contributed by atoms with van der Waals surface area (Å²) in [6, 6.07) is 6.97. The highest BCUT2D eigenvalue weighted by atomic mass is 35.5. The van der Waals surface area contributed by atoms with Crippen LogP contribution < -0.4 is 5.43 Å². The molecule has 10 heteroatoms. The van der Waals surface area contributed by atoms with Crippen molar-refractivity contribution in [1.82, 2.24) is 20.3 Å². The molecule has 1 saturated carbocycles. The molecule has 2 aromatic rings. The number of pyridine rings is 1. The number of hydrazine groups is 1. The second kappa shape index (κ2) is 11.2. The van der Waals surface area contributed by atoms with Gasteiger partial charge in [0.1, 0.15) is 5.82 Å². The molecule has 2 atom stereocenters. The number of nitrogens with zero attached hydrogens (tertiary/aromatic N) is 4. The topological polar surface area (TPSA) is 70.1 Å². The molecule has 0 bridgehead atoms. The highest BCUT2D eigenvalue weighted by molar-refractivity contribution is 6.74. The van der Waals surface area contributed by atoms with E-state index in [1.807, 2.05) is 12.4 Å². The number of nitrogens with one attached hydrogen (secondary N) is 1. The Morgan fingerprint density at radius 3 is 2.85 bits per heavy atom. The van der Waals surface area contributed by atoms with E-state index in [4.69, 9.17) is 16.0 Å². The summed E-state index contributed by atoms with van der Waals surface area (Å²) in [6.07, 6.45) is 7.82. The fraction of sp³-hybridized carbons (Fsp3) is 0.516. The van der Waals surface area contributed by atoms with Crippen molar-refractivity contribution in [1.29, 1.82) is 0 Å². The van der Waals surface area contributed by atoms with Crippen LogP contribution in [0.1, 0.15) is 67.4 Å². The minimum absolute atomic E-state index is 0.0365. The van der Waals surface area contributed by atoms with Crippen LogP contribution in [0, 0.1) is 5.82 Å². The molecule has 2 unspecified atom stereocenters. The number of aliphatic imine (C=N–C) groups is 1. The third kappa shape index (κ3) is 5.87. The molecular formula is C31H41ClFN5O2Si. The first-order valence-corrected chi connectivity index (χ1v) is 17.7. The van der Waals surface area contributed by atoms with Crippen LogP contribution >= 0.6 is 11.6 Å². The molecule has 0 saturated heterocycles. The number of amides is 1. The average molecular weight is 598 g/mol. The largest absolute Gasteiger partial charge is 0.415 e. The molecule has 41 heavy (non-hydrogen) atoms. The zero-order chi connectivity index (χ0) is 29.6. The molecular weight excluding hydrogens is 557 g/mol. The SMILES string of the molecule is CN(CC1=CNN(CCO[Si](C)(C)C(C)(C)C)C1)C(=O)c1cccc(C2CCC3(C=Nc4nccc(Cl)c43)C2)c1F. The van der Waals surface area contributed by atoms with Crippen LogP contribution in [0.3, 0.4) is 0 Å². The highest BCUT2D eigenvalue weighted by Crippen LogP contribution is 2.54. The van der Waals surface area contributed by atoms with Gasteiger partial charge in [-0.1, -0.05) is 44.5 Å². The fourth-order valence-corrected chi connectivity index (χ4v) is 7.28. The van der Waals surface area contributed by atoms with Gasteiger partial charge in [-0.05, 0) is 66.6 Å². The van der Waals surface area contributed by atoms with Gasteiger partial charge in [0.25, 0.3) is 5.91 Å². The predicted molar refractivity (Wildman–Crippen MR) is 165 cm³/mol. The number of benzene rings is 1. The van der Waals surface area contributed by atoms with Crippen molar-refractivity contribution in [2.24, 2.45) is 4.99 Å². The van der Waals surface area contributed by atoms with Crippen molar-refractivity contribution in [3.05, 3.63) is 69.8 Å². The standard InChI is InChI=1S/C31H41ClFN5O2Si/c1-30(2,3)41(5,6)40-15-14-38-19-21(17-36-38)18-37(4)29(39)24-9-7-8-23(27(24)33)22-10-12-31(16-22)20-35-28-26(31)25(32)11-13-34-28/h7-9,11,13,17,20,22,36H,10,12,14-16,18-19H2,1-6H3. The van der Waals surface area contributed by atoms with E-state index in [-0.39, 0.29) is 27.8 Å². The number of fused-ring (bicyclic) bond motifs is 2. The Labute approximate surface area is 248 Å². The van der Waals surface area contributed by atoms with E-state index in [0.717, 1.165) is 30.5 Å². The van der Waals surface area contributed by atoms with Gasteiger partial charge in [0, 0.05) is 67.9 Å². The van der Waals surface area contributed by atoms with E-state index in [0.29, 0.717) is 42.5 Å². The van der Waals surface area contributed by atoms with E-state index in [1.54, 1.807) is 42.4 Å². The molecule has 1 aromatic heterocycles. The molecule has 0 radical (unpaired) electrons. The monoisotopic (exact) mass is 597 g/mol. The van der Waals surface area contributed by atoms with Crippen LogP contribution in [0.4, 0.5) is 10.2 Å². The van der Waals surface area contributed by atoms with Gasteiger partial charge in [-0.25, -0.2) is 19.4 Å².